The van der Waals surface area contributed by atoms with Crippen molar-refractivity contribution in [2.24, 2.45) is 0 Å². The van der Waals surface area contributed by atoms with E-state index in [-0.39, 0.29) is 0 Å². The minimum atomic E-state index is 0.543. The van der Waals surface area contributed by atoms with E-state index >= 15 is 0 Å². The number of ether oxygens (including phenoxy) is 1. The molecule has 0 fully saturated rings. The molecule has 1 rings (SSSR count). The third-order valence-corrected chi connectivity index (χ3v) is 1.67. The number of hydrogen-bond acceptors (Lipinski definition) is 1. The molecule has 0 aliphatic heterocycles. The minimum absolute atomic E-state index is 0.543. The van der Waals surface area contributed by atoms with E-state index in [1.807, 2.05) is 18.2 Å². The topological polar surface area (TPSA) is 9.23 Å². The standard InChI is InChI=1S/C10H13O/c1-8(2)9-4-6-10(11-3)7-5-9/h4,6-8H,1-3H3. The molecular weight excluding hydrogens is 136 g/mol. The molecule has 0 aliphatic rings. The fraction of sp³-hybridized carbons (Fsp3) is 0.400. The lowest BCUT2D eigenvalue weighted by atomic mass is 10.0. The third-order valence-electron chi connectivity index (χ3n) is 1.67. The molecule has 0 aliphatic carbocycles. The molecule has 0 atom stereocenters. The molecule has 1 nitrogen and oxygen atoms in total. The zero-order valence-corrected chi connectivity index (χ0v) is 7.22. The van der Waals surface area contributed by atoms with Gasteiger partial charge in [-0.05, 0) is 29.7 Å². The zero-order valence-electron chi connectivity index (χ0n) is 7.22. The van der Waals surface area contributed by atoms with Gasteiger partial charge in [0.15, 0.2) is 0 Å². The highest BCUT2D eigenvalue weighted by atomic mass is 16.5. The van der Waals surface area contributed by atoms with E-state index in [9.17, 15) is 0 Å². The molecule has 0 spiro atoms. The van der Waals surface area contributed by atoms with E-state index in [2.05, 4.69) is 19.9 Å². The Morgan fingerprint density at radius 3 is 2.45 bits per heavy atom. The van der Waals surface area contributed by atoms with Crippen LogP contribution in [-0.2, 0) is 0 Å². The Morgan fingerprint density at radius 1 is 1.36 bits per heavy atom. The summed E-state index contributed by atoms with van der Waals surface area (Å²) in [7, 11) is 1.66. The van der Waals surface area contributed by atoms with Crippen molar-refractivity contribution in [1.29, 1.82) is 0 Å². The quantitative estimate of drug-likeness (QED) is 0.628. The van der Waals surface area contributed by atoms with E-state index in [1.54, 1.807) is 7.11 Å². The maximum atomic E-state index is 5.02. The van der Waals surface area contributed by atoms with Crippen LogP contribution in [0.1, 0.15) is 25.3 Å². The summed E-state index contributed by atoms with van der Waals surface area (Å²) in [5.74, 6) is 1.41. The number of hydrogen-bond donors (Lipinski definition) is 0. The molecule has 0 saturated carbocycles. The fourth-order valence-electron chi connectivity index (χ4n) is 0.909. The summed E-state index contributed by atoms with van der Waals surface area (Å²) < 4.78 is 5.02. The van der Waals surface area contributed by atoms with Crippen LogP contribution in [0.25, 0.3) is 0 Å². The van der Waals surface area contributed by atoms with Gasteiger partial charge < -0.3 is 4.74 Å². The van der Waals surface area contributed by atoms with Crippen LogP contribution in [0.5, 0.6) is 5.75 Å². The van der Waals surface area contributed by atoms with Crippen molar-refractivity contribution in [2.45, 2.75) is 19.8 Å². The van der Waals surface area contributed by atoms with Crippen LogP contribution < -0.4 is 4.74 Å². The summed E-state index contributed by atoms with van der Waals surface area (Å²) in [4.78, 5) is 0. The van der Waals surface area contributed by atoms with Gasteiger partial charge in [-0.15, -0.1) is 0 Å². The predicted octanol–water partition coefficient (Wildman–Crippen LogP) is 2.62. The van der Waals surface area contributed by atoms with Crippen LogP contribution in [0, 0.1) is 6.07 Å². The molecule has 0 bridgehead atoms. The first kappa shape index (κ1) is 8.12. The van der Waals surface area contributed by atoms with Crippen LogP contribution >= 0.6 is 0 Å². The van der Waals surface area contributed by atoms with E-state index < -0.39 is 0 Å². The number of methoxy groups -OCH3 is 1. The highest BCUT2D eigenvalue weighted by Gasteiger charge is 1.97. The first-order chi connectivity index (χ1) is 5.24. The molecule has 0 saturated heterocycles. The second-order valence-corrected chi connectivity index (χ2v) is 2.84. The van der Waals surface area contributed by atoms with Crippen molar-refractivity contribution < 1.29 is 4.74 Å². The van der Waals surface area contributed by atoms with Crippen LogP contribution in [0.15, 0.2) is 18.2 Å². The van der Waals surface area contributed by atoms with Crippen molar-refractivity contribution in [3.05, 3.63) is 29.8 Å². The average Bonchev–Trinajstić information content (AvgIpc) is 2.05. The van der Waals surface area contributed by atoms with Crippen LogP contribution in [-0.4, -0.2) is 7.11 Å². The Balaban J connectivity index is 2.83. The molecule has 0 unspecified atom stereocenters. The lowest BCUT2D eigenvalue weighted by Gasteiger charge is -2.04. The summed E-state index contributed by atoms with van der Waals surface area (Å²) in [6.45, 7) is 4.30. The maximum absolute atomic E-state index is 5.02. The van der Waals surface area contributed by atoms with E-state index in [0.717, 1.165) is 5.75 Å². The Hall–Kier alpha value is -0.980. The third kappa shape index (κ3) is 1.97. The lowest BCUT2D eigenvalue weighted by Crippen LogP contribution is -1.88. The SMILES string of the molecule is COc1c[c]c(C(C)C)cc1. The summed E-state index contributed by atoms with van der Waals surface area (Å²) in [5, 5.41) is 0. The largest absolute Gasteiger partial charge is 0.497 e. The second-order valence-electron chi connectivity index (χ2n) is 2.84. The molecule has 1 aromatic carbocycles. The van der Waals surface area contributed by atoms with Crippen molar-refractivity contribution in [3.63, 3.8) is 0 Å². The van der Waals surface area contributed by atoms with Gasteiger partial charge in [0.1, 0.15) is 5.75 Å². The first-order valence-electron chi connectivity index (χ1n) is 3.79. The Morgan fingerprint density at radius 2 is 2.09 bits per heavy atom. The minimum Gasteiger partial charge on any atom is -0.497 e. The van der Waals surface area contributed by atoms with Gasteiger partial charge in [-0.3, -0.25) is 0 Å². The van der Waals surface area contributed by atoms with Gasteiger partial charge in [0.25, 0.3) is 0 Å². The molecule has 0 aromatic heterocycles. The summed E-state index contributed by atoms with van der Waals surface area (Å²) in [6, 6.07) is 9.04. The van der Waals surface area contributed by atoms with Gasteiger partial charge in [0, 0.05) is 0 Å². The van der Waals surface area contributed by atoms with Gasteiger partial charge in [-0.25, -0.2) is 0 Å². The second kappa shape index (κ2) is 3.42. The molecule has 0 heterocycles. The average molecular weight is 149 g/mol. The van der Waals surface area contributed by atoms with Crippen LogP contribution in [0.3, 0.4) is 0 Å². The maximum Gasteiger partial charge on any atom is 0.119 e. The number of benzene rings is 1. The Kier molecular flexibility index (Phi) is 2.53. The van der Waals surface area contributed by atoms with E-state index in [1.165, 1.54) is 5.56 Å². The van der Waals surface area contributed by atoms with Crippen LogP contribution in [0.2, 0.25) is 0 Å². The summed E-state index contributed by atoms with van der Waals surface area (Å²) in [5.41, 5.74) is 1.23. The van der Waals surface area contributed by atoms with Gasteiger partial charge >= 0.3 is 0 Å². The highest BCUT2D eigenvalue weighted by molar-refractivity contribution is 5.27. The molecule has 1 heteroatoms. The van der Waals surface area contributed by atoms with Crippen molar-refractivity contribution in [2.75, 3.05) is 7.11 Å². The van der Waals surface area contributed by atoms with Gasteiger partial charge in [0.2, 0.25) is 0 Å². The molecule has 0 N–H and O–H groups in total. The monoisotopic (exact) mass is 149 g/mol. The molecule has 1 radical (unpaired) electrons. The smallest absolute Gasteiger partial charge is 0.119 e. The van der Waals surface area contributed by atoms with Crippen molar-refractivity contribution in [3.8, 4) is 5.75 Å². The van der Waals surface area contributed by atoms with Crippen molar-refractivity contribution in [1.82, 2.24) is 0 Å². The summed E-state index contributed by atoms with van der Waals surface area (Å²) in [6.07, 6.45) is 0. The normalized spacial score (nSPS) is 10.2. The first-order valence-corrected chi connectivity index (χ1v) is 3.79. The predicted molar refractivity (Wildman–Crippen MR) is 45.9 cm³/mol. The molecule has 59 valence electrons. The van der Waals surface area contributed by atoms with Crippen LogP contribution in [0.4, 0.5) is 0 Å². The molecule has 0 amide bonds. The van der Waals surface area contributed by atoms with E-state index in [4.69, 9.17) is 4.74 Å². The zero-order chi connectivity index (χ0) is 8.27. The molecule has 11 heavy (non-hydrogen) atoms. The molecular formula is C10H13O. The Bertz CT molecular complexity index is 211. The van der Waals surface area contributed by atoms with Gasteiger partial charge in [0.05, 0.1) is 7.11 Å². The highest BCUT2D eigenvalue weighted by Crippen LogP contribution is 2.17. The lowest BCUT2D eigenvalue weighted by molar-refractivity contribution is 0.414. The molecule has 1 aromatic rings. The number of rotatable bonds is 2. The van der Waals surface area contributed by atoms with Crippen molar-refractivity contribution >= 4 is 0 Å². The summed E-state index contributed by atoms with van der Waals surface area (Å²) >= 11 is 0. The van der Waals surface area contributed by atoms with Gasteiger partial charge in [-0.1, -0.05) is 19.9 Å². The van der Waals surface area contributed by atoms with E-state index in [0.29, 0.717) is 5.92 Å². The fourth-order valence-corrected chi connectivity index (χ4v) is 0.909. The Labute approximate surface area is 68.0 Å². The van der Waals surface area contributed by atoms with Gasteiger partial charge in [-0.2, -0.15) is 0 Å².